The van der Waals surface area contributed by atoms with Crippen molar-refractivity contribution in [3.8, 4) is 0 Å². The van der Waals surface area contributed by atoms with Crippen molar-refractivity contribution < 1.29 is 23.5 Å². The van der Waals surface area contributed by atoms with Gasteiger partial charge in [0.15, 0.2) is 6.20 Å². The van der Waals surface area contributed by atoms with Crippen molar-refractivity contribution in [2.24, 2.45) is 0 Å². The molecule has 1 aromatic heterocycles. The van der Waals surface area contributed by atoms with E-state index in [1.54, 1.807) is 0 Å². The molecule has 100 valence electrons. The normalized spacial score (nSPS) is 10.2. The summed E-state index contributed by atoms with van der Waals surface area (Å²) in [6, 6.07) is 12.9. The molecule has 2 aromatic rings. The molecule has 1 nitrogen and oxygen atoms in total. The van der Waals surface area contributed by atoms with E-state index in [2.05, 4.69) is 54.1 Å². The summed E-state index contributed by atoms with van der Waals surface area (Å²) in [6.45, 7) is 3.38. The van der Waals surface area contributed by atoms with E-state index in [1.165, 1.54) is 30.2 Å². The zero-order valence-electron chi connectivity index (χ0n) is 10.5. The molecule has 0 spiro atoms. The Morgan fingerprint density at radius 2 is 1.72 bits per heavy atom. The predicted molar refractivity (Wildman–Crippen MR) is 75.4 cm³/mol. The van der Waals surface area contributed by atoms with Crippen LogP contribution in [0.5, 0.6) is 0 Å². The van der Waals surface area contributed by atoms with Gasteiger partial charge < -0.3 is 0 Å². The van der Waals surface area contributed by atoms with Gasteiger partial charge in [-0.1, -0.05) is 25.5 Å². The van der Waals surface area contributed by atoms with Gasteiger partial charge in [0.25, 0.3) is 0 Å². The van der Waals surface area contributed by atoms with E-state index >= 15 is 0 Å². The molecule has 0 saturated heterocycles. The zero-order chi connectivity index (χ0) is 13.2. The molecular weight excluding hydrogens is 380 g/mol. The number of hydrogen-bond acceptors (Lipinski definition) is 0. The second-order valence-corrected chi connectivity index (χ2v) is 7.23. The Labute approximate surface area is 127 Å². The first-order valence-corrected chi connectivity index (χ1v) is 11.5. The Morgan fingerprint density at radius 1 is 1.06 bits per heavy atom. The molecule has 0 amide bonds. The Morgan fingerprint density at radius 3 is 2.44 bits per heavy atom. The van der Waals surface area contributed by atoms with Crippen LogP contribution in [0.4, 0.5) is 0 Å². The number of aromatic nitrogens is 1. The molecule has 18 heavy (non-hydrogen) atoms. The third-order valence-electron chi connectivity index (χ3n) is 2.79. The van der Waals surface area contributed by atoms with Crippen LogP contribution in [0.2, 0.25) is 0 Å². The number of aryl methyl sites for hydroxylation is 1. The molecule has 4 heteroatoms. The van der Waals surface area contributed by atoms with Crippen LogP contribution in [0.15, 0.2) is 42.6 Å². The fourth-order valence-electron chi connectivity index (χ4n) is 1.95. The maximum absolute atomic E-state index is 4.87. The van der Waals surface area contributed by atoms with Gasteiger partial charge in [-0.05, 0) is 18.6 Å². The van der Waals surface area contributed by atoms with E-state index in [9.17, 15) is 0 Å². The summed E-state index contributed by atoms with van der Waals surface area (Å²) in [6.07, 6.45) is 6.05. The molecule has 0 aliphatic heterocycles. The van der Waals surface area contributed by atoms with Crippen molar-refractivity contribution in [1.29, 1.82) is 0 Å². The van der Waals surface area contributed by atoms with Crippen LogP contribution in [0.1, 0.15) is 26.2 Å². The Balaban J connectivity index is 0.000000492. The number of halogens is 3. The van der Waals surface area contributed by atoms with Gasteiger partial charge in [-0.15, -0.1) is 0 Å². The molecular formula is C14H18Cl2IN. The second-order valence-electron chi connectivity index (χ2n) is 4.02. The van der Waals surface area contributed by atoms with Crippen LogP contribution in [0, 0.1) is 0 Å². The van der Waals surface area contributed by atoms with Crippen molar-refractivity contribution in [3.05, 3.63) is 42.6 Å². The molecule has 0 aliphatic carbocycles. The minimum absolute atomic E-state index is 0.466. The predicted octanol–water partition coefficient (Wildman–Crippen LogP) is 1.70. The molecule has 2 rings (SSSR count). The van der Waals surface area contributed by atoms with E-state index in [-0.39, 0.29) is 0 Å². The minimum atomic E-state index is -0.466. The number of hydrogen-bond donors (Lipinski definition) is 0. The summed E-state index contributed by atoms with van der Waals surface area (Å²) in [5.41, 5.74) is 1.34. The fraction of sp³-hybridized carbons (Fsp3) is 0.357. The first kappa shape index (κ1) is 16.0. The van der Waals surface area contributed by atoms with Crippen LogP contribution in [0.3, 0.4) is 0 Å². The summed E-state index contributed by atoms with van der Waals surface area (Å²) in [7, 11) is 9.75. The maximum atomic E-state index is 4.87. The van der Waals surface area contributed by atoms with E-state index in [4.69, 9.17) is 17.8 Å². The number of pyridine rings is 1. The van der Waals surface area contributed by atoms with Gasteiger partial charge in [-0.2, -0.15) is 4.57 Å². The van der Waals surface area contributed by atoms with Gasteiger partial charge in [0.05, 0.1) is 0 Å². The molecule has 0 atom stereocenters. The topological polar surface area (TPSA) is 3.88 Å². The average Bonchev–Trinajstić information content (AvgIpc) is 2.40. The third-order valence-corrected chi connectivity index (χ3v) is 2.79. The molecule has 0 bridgehead atoms. The zero-order valence-corrected chi connectivity index (χ0v) is 14.1. The molecule has 0 radical (unpaired) electrons. The van der Waals surface area contributed by atoms with E-state index in [1.807, 2.05) is 0 Å². The van der Waals surface area contributed by atoms with E-state index < -0.39 is 18.9 Å². The SMILES string of the molecule is CCCCC[n+]1cccc2ccccc21.Cl[I-]Cl. The van der Waals surface area contributed by atoms with Gasteiger partial charge in [0.2, 0.25) is 5.52 Å². The monoisotopic (exact) mass is 397 g/mol. The number of nitrogens with zero attached hydrogens (tertiary/aromatic N) is 1. The first-order valence-electron chi connectivity index (χ1n) is 6.07. The first-order chi connectivity index (χ1) is 8.83. The molecule has 1 aromatic carbocycles. The van der Waals surface area contributed by atoms with Crippen molar-refractivity contribution in [2.75, 3.05) is 0 Å². The van der Waals surface area contributed by atoms with Crippen molar-refractivity contribution in [3.63, 3.8) is 0 Å². The Bertz CT molecular complexity index is 457. The molecule has 0 aliphatic rings. The number of unbranched alkanes of at least 4 members (excludes halogenated alkanes) is 2. The van der Waals surface area contributed by atoms with E-state index in [0.717, 1.165) is 6.54 Å². The van der Waals surface area contributed by atoms with Crippen molar-refractivity contribution in [2.45, 2.75) is 32.7 Å². The molecule has 0 fully saturated rings. The van der Waals surface area contributed by atoms with E-state index in [0.29, 0.717) is 0 Å². The number of fused-ring (bicyclic) bond motifs is 1. The van der Waals surface area contributed by atoms with Crippen molar-refractivity contribution >= 4 is 28.7 Å². The number of rotatable bonds is 4. The summed E-state index contributed by atoms with van der Waals surface area (Å²) in [5, 5.41) is 1.33. The standard InChI is InChI=1S/C14H18N.Cl2I/c1-2-3-6-11-15-12-7-9-13-8-4-5-10-14(13)15;1-3-2/h4-5,7-10,12H,2-3,6,11H2,1H3;/q+1;-1. The summed E-state index contributed by atoms with van der Waals surface area (Å²) < 4.78 is 2.35. The molecule has 0 saturated carbocycles. The Hall–Kier alpha value is -0.0600. The molecule has 0 N–H and O–H groups in total. The van der Waals surface area contributed by atoms with Crippen molar-refractivity contribution in [1.82, 2.24) is 0 Å². The van der Waals surface area contributed by atoms with Crippen LogP contribution in [0.25, 0.3) is 10.9 Å². The summed E-state index contributed by atoms with van der Waals surface area (Å²) in [4.78, 5) is 0. The average molecular weight is 398 g/mol. The molecule has 1 heterocycles. The van der Waals surface area contributed by atoms with Crippen LogP contribution < -0.4 is 23.5 Å². The quantitative estimate of drug-likeness (QED) is 0.420. The van der Waals surface area contributed by atoms with Gasteiger partial charge in [-0.25, -0.2) is 0 Å². The summed E-state index contributed by atoms with van der Waals surface area (Å²) >= 11 is -0.466. The fourth-order valence-corrected chi connectivity index (χ4v) is 1.95. The third kappa shape index (κ3) is 5.29. The van der Waals surface area contributed by atoms with Gasteiger partial charge >= 0.3 is 36.8 Å². The molecule has 0 unspecified atom stereocenters. The van der Waals surface area contributed by atoms with Crippen LogP contribution in [-0.4, -0.2) is 0 Å². The van der Waals surface area contributed by atoms with Gasteiger partial charge in [-0.3, -0.25) is 0 Å². The Kier molecular flexibility index (Phi) is 8.72. The van der Waals surface area contributed by atoms with Gasteiger partial charge in [0, 0.05) is 23.9 Å². The number of para-hydroxylation sites is 1. The summed E-state index contributed by atoms with van der Waals surface area (Å²) in [5.74, 6) is 0. The van der Waals surface area contributed by atoms with Crippen LogP contribution in [-0.2, 0) is 6.54 Å². The second kappa shape index (κ2) is 9.82. The number of benzene rings is 1. The van der Waals surface area contributed by atoms with Gasteiger partial charge in [0.1, 0.15) is 6.54 Å². The van der Waals surface area contributed by atoms with Crippen LogP contribution >= 0.6 is 17.8 Å².